The van der Waals surface area contributed by atoms with Crippen LogP contribution in [-0.4, -0.2) is 33.5 Å². The molecule has 1 N–H and O–H groups in total. The molecule has 0 amide bonds. The lowest BCUT2D eigenvalue weighted by molar-refractivity contribution is 0.183. The summed E-state index contributed by atoms with van der Waals surface area (Å²) in [4.78, 5) is 8.16. The quantitative estimate of drug-likeness (QED) is 0.845. The number of aromatic nitrogens is 4. The van der Waals surface area contributed by atoms with E-state index < -0.39 is 0 Å². The molecule has 6 nitrogen and oxygen atoms in total. The maximum atomic E-state index is 4.99. The van der Waals surface area contributed by atoms with Crippen molar-refractivity contribution in [2.75, 3.05) is 19.0 Å². The van der Waals surface area contributed by atoms with Gasteiger partial charge in [-0.3, -0.25) is 4.68 Å². The molecule has 0 unspecified atom stereocenters. The summed E-state index contributed by atoms with van der Waals surface area (Å²) in [7, 11) is 1.67. The van der Waals surface area contributed by atoms with Gasteiger partial charge in [-0.05, 0) is 6.92 Å². The van der Waals surface area contributed by atoms with Crippen LogP contribution in [0.4, 0.5) is 11.5 Å². The second-order valence-electron chi connectivity index (χ2n) is 3.65. The Hall–Kier alpha value is -1.95. The van der Waals surface area contributed by atoms with Gasteiger partial charge in [0, 0.05) is 25.1 Å². The van der Waals surface area contributed by atoms with E-state index in [9.17, 15) is 0 Å². The number of hydrogen-bond donors (Lipinski definition) is 1. The number of nitrogens with one attached hydrogen (secondary N) is 1. The van der Waals surface area contributed by atoms with Crippen LogP contribution >= 0.6 is 0 Å². The van der Waals surface area contributed by atoms with Gasteiger partial charge in [-0.25, -0.2) is 9.97 Å². The zero-order valence-corrected chi connectivity index (χ0v) is 9.92. The van der Waals surface area contributed by atoms with Crippen LogP contribution in [0.3, 0.4) is 0 Å². The number of hydrogen-bond acceptors (Lipinski definition) is 5. The van der Waals surface area contributed by atoms with Crippen molar-refractivity contribution in [2.24, 2.45) is 0 Å². The fourth-order valence-corrected chi connectivity index (χ4v) is 1.41. The van der Waals surface area contributed by atoms with Crippen LogP contribution in [0.1, 0.15) is 5.69 Å². The highest BCUT2D eigenvalue weighted by Gasteiger charge is 2.00. The van der Waals surface area contributed by atoms with Crippen LogP contribution < -0.4 is 5.32 Å². The van der Waals surface area contributed by atoms with E-state index >= 15 is 0 Å². The van der Waals surface area contributed by atoms with E-state index in [1.165, 1.54) is 6.33 Å². The molecule has 90 valence electrons. The molecule has 2 aromatic rings. The second kappa shape index (κ2) is 5.40. The van der Waals surface area contributed by atoms with Gasteiger partial charge in [0.1, 0.15) is 12.1 Å². The molecule has 0 radical (unpaired) electrons. The molecule has 0 aliphatic carbocycles. The molecule has 0 aliphatic rings. The smallest absolute Gasteiger partial charge is 0.134 e. The van der Waals surface area contributed by atoms with Crippen molar-refractivity contribution in [1.29, 1.82) is 0 Å². The van der Waals surface area contributed by atoms with Crippen molar-refractivity contribution in [2.45, 2.75) is 13.5 Å². The Morgan fingerprint density at radius 2 is 2.29 bits per heavy atom. The van der Waals surface area contributed by atoms with Crippen molar-refractivity contribution in [3.05, 3.63) is 30.5 Å². The average molecular weight is 233 g/mol. The zero-order valence-electron chi connectivity index (χ0n) is 9.92. The van der Waals surface area contributed by atoms with E-state index in [0.717, 1.165) is 23.7 Å². The summed E-state index contributed by atoms with van der Waals surface area (Å²) in [5.74, 6) is 0.767. The Labute approximate surface area is 99.7 Å². The number of anilines is 2. The number of nitrogens with zero attached hydrogens (tertiary/aromatic N) is 4. The topological polar surface area (TPSA) is 64.9 Å². The fourth-order valence-electron chi connectivity index (χ4n) is 1.41. The van der Waals surface area contributed by atoms with Crippen molar-refractivity contribution in [3.63, 3.8) is 0 Å². The van der Waals surface area contributed by atoms with Crippen LogP contribution in [0.15, 0.2) is 24.8 Å². The number of aryl methyl sites for hydroxylation is 1. The highest BCUT2D eigenvalue weighted by atomic mass is 16.5. The third-order valence-electron chi connectivity index (χ3n) is 2.23. The molecule has 6 heteroatoms. The van der Waals surface area contributed by atoms with Crippen LogP contribution in [0, 0.1) is 6.92 Å². The largest absolute Gasteiger partial charge is 0.383 e. The molecule has 0 atom stereocenters. The van der Waals surface area contributed by atoms with Crippen molar-refractivity contribution in [3.8, 4) is 0 Å². The second-order valence-corrected chi connectivity index (χ2v) is 3.65. The van der Waals surface area contributed by atoms with E-state index in [4.69, 9.17) is 4.74 Å². The van der Waals surface area contributed by atoms with E-state index in [1.54, 1.807) is 13.3 Å². The Morgan fingerprint density at radius 3 is 3.06 bits per heavy atom. The Kier molecular flexibility index (Phi) is 3.66. The van der Waals surface area contributed by atoms with Crippen LogP contribution in [0.5, 0.6) is 0 Å². The van der Waals surface area contributed by atoms with E-state index in [2.05, 4.69) is 20.4 Å². The highest BCUT2D eigenvalue weighted by molar-refractivity contribution is 5.53. The summed E-state index contributed by atoms with van der Waals surface area (Å²) in [5.41, 5.74) is 1.83. The predicted octanol–water partition coefficient (Wildman–Crippen LogP) is 1.37. The first-order chi connectivity index (χ1) is 8.28. The summed E-state index contributed by atoms with van der Waals surface area (Å²) in [6, 6.07) is 1.88. The number of methoxy groups -OCH3 is 1. The molecule has 2 rings (SSSR count). The van der Waals surface area contributed by atoms with E-state index in [0.29, 0.717) is 6.61 Å². The van der Waals surface area contributed by atoms with Crippen molar-refractivity contribution >= 4 is 11.5 Å². The summed E-state index contributed by atoms with van der Waals surface area (Å²) in [6.07, 6.45) is 5.20. The van der Waals surface area contributed by atoms with Crippen LogP contribution in [0.25, 0.3) is 0 Å². The Bertz CT molecular complexity index is 482. The van der Waals surface area contributed by atoms with Crippen LogP contribution in [0.2, 0.25) is 0 Å². The van der Waals surface area contributed by atoms with E-state index in [1.807, 2.05) is 23.9 Å². The molecule has 0 fully saturated rings. The van der Waals surface area contributed by atoms with Gasteiger partial charge in [0.05, 0.1) is 25.0 Å². The summed E-state index contributed by atoms with van der Waals surface area (Å²) in [5, 5.41) is 7.37. The predicted molar refractivity (Wildman–Crippen MR) is 64.2 cm³/mol. The van der Waals surface area contributed by atoms with Crippen molar-refractivity contribution < 1.29 is 4.74 Å². The van der Waals surface area contributed by atoms with Gasteiger partial charge in [0.25, 0.3) is 0 Å². The highest BCUT2D eigenvalue weighted by Crippen LogP contribution is 2.12. The summed E-state index contributed by atoms with van der Waals surface area (Å²) in [6.45, 7) is 3.31. The first kappa shape index (κ1) is 11.5. The lowest BCUT2D eigenvalue weighted by Crippen LogP contribution is -2.04. The lowest BCUT2D eigenvalue weighted by atomic mass is 10.4. The monoisotopic (exact) mass is 233 g/mol. The molecular weight excluding hydrogens is 218 g/mol. The molecule has 17 heavy (non-hydrogen) atoms. The molecule has 0 spiro atoms. The normalized spacial score (nSPS) is 10.5. The van der Waals surface area contributed by atoms with Gasteiger partial charge in [-0.15, -0.1) is 0 Å². The molecule has 0 aliphatic heterocycles. The standard InChI is InChI=1S/C11H15N5O/c1-9-5-11(13-8-12-9)15-10-6-14-16(7-10)3-4-17-2/h5-8H,3-4H2,1-2H3,(H,12,13,15). The minimum absolute atomic E-state index is 0.647. The molecule has 0 aromatic carbocycles. The number of rotatable bonds is 5. The minimum atomic E-state index is 0.647. The summed E-state index contributed by atoms with van der Waals surface area (Å²) < 4.78 is 6.81. The maximum Gasteiger partial charge on any atom is 0.134 e. The first-order valence-electron chi connectivity index (χ1n) is 5.35. The molecule has 2 heterocycles. The SMILES string of the molecule is COCCn1cc(Nc2cc(C)ncn2)cn1. The van der Waals surface area contributed by atoms with Gasteiger partial charge in [0.15, 0.2) is 0 Å². The lowest BCUT2D eigenvalue weighted by Gasteiger charge is -2.02. The number of ether oxygens (including phenoxy) is 1. The van der Waals surface area contributed by atoms with Gasteiger partial charge in [0.2, 0.25) is 0 Å². The maximum absolute atomic E-state index is 4.99. The first-order valence-corrected chi connectivity index (χ1v) is 5.35. The van der Waals surface area contributed by atoms with Gasteiger partial charge >= 0.3 is 0 Å². The minimum Gasteiger partial charge on any atom is -0.383 e. The summed E-state index contributed by atoms with van der Waals surface area (Å²) >= 11 is 0. The van der Waals surface area contributed by atoms with Crippen LogP contribution in [-0.2, 0) is 11.3 Å². The van der Waals surface area contributed by atoms with Crippen molar-refractivity contribution in [1.82, 2.24) is 19.7 Å². The molecule has 0 saturated heterocycles. The van der Waals surface area contributed by atoms with E-state index in [-0.39, 0.29) is 0 Å². The molecule has 2 aromatic heterocycles. The zero-order chi connectivity index (χ0) is 12.1. The fraction of sp³-hybridized carbons (Fsp3) is 0.364. The Morgan fingerprint density at radius 1 is 1.41 bits per heavy atom. The average Bonchev–Trinajstić information content (AvgIpc) is 2.74. The van der Waals surface area contributed by atoms with Gasteiger partial charge in [-0.1, -0.05) is 0 Å². The van der Waals surface area contributed by atoms with Gasteiger partial charge < -0.3 is 10.1 Å². The Balaban J connectivity index is 2.01. The third kappa shape index (κ3) is 3.25. The third-order valence-corrected chi connectivity index (χ3v) is 2.23. The molecule has 0 bridgehead atoms. The molecular formula is C11H15N5O. The van der Waals surface area contributed by atoms with Gasteiger partial charge in [-0.2, -0.15) is 5.10 Å². The molecule has 0 saturated carbocycles.